The number of benzene rings is 1. The lowest BCUT2D eigenvalue weighted by atomic mass is 10.1. The van der Waals surface area contributed by atoms with Crippen LogP contribution >= 0.6 is 11.3 Å². The molecule has 3 aromatic heterocycles. The maximum absolute atomic E-state index is 12.9. The number of hydrogen-bond acceptors (Lipinski definition) is 7. The zero-order valence-corrected chi connectivity index (χ0v) is 18.2. The molecule has 4 aromatic rings. The van der Waals surface area contributed by atoms with Gasteiger partial charge in [-0.05, 0) is 29.1 Å². The maximum atomic E-state index is 12.9. The highest BCUT2D eigenvalue weighted by atomic mass is 32.1. The van der Waals surface area contributed by atoms with E-state index in [1.807, 2.05) is 11.4 Å². The molecule has 0 atom stereocenters. The summed E-state index contributed by atoms with van der Waals surface area (Å²) < 4.78 is 7.06. The second-order valence-electron chi connectivity index (χ2n) is 7.39. The minimum Gasteiger partial charge on any atom is -0.482 e. The fraction of sp³-hybridized carbons (Fsp3) is 0.136. The number of carbonyl (C=O) groups is 3. The number of rotatable bonds is 5. The first-order valence-corrected chi connectivity index (χ1v) is 10.9. The first-order chi connectivity index (χ1) is 16.0. The Kier molecular flexibility index (Phi) is 5.23. The quantitative estimate of drug-likeness (QED) is 0.418. The van der Waals surface area contributed by atoms with Gasteiger partial charge < -0.3 is 25.3 Å². The molecule has 0 unspecified atom stereocenters. The van der Waals surface area contributed by atoms with E-state index in [2.05, 4.69) is 25.9 Å². The summed E-state index contributed by atoms with van der Waals surface area (Å²) in [5, 5.41) is 12.0. The van der Waals surface area contributed by atoms with E-state index in [0.29, 0.717) is 33.7 Å². The molecule has 1 aliphatic heterocycles. The highest BCUT2D eigenvalue weighted by Gasteiger charge is 2.20. The number of fused-ring (bicyclic) bond motifs is 2. The molecule has 0 bridgehead atoms. The van der Waals surface area contributed by atoms with Crippen molar-refractivity contribution in [3.8, 4) is 5.75 Å². The Morgan fingerprint density at radius 3 is 2.94 bits per heavy atom. The molecule has 1 aromatic carbocycles. The third kappa shape index (κ3) is 4.01. The fourth-order valence-electron chi connectivity index (χ4n) is 3.58. The fourth-order valence-corrected chi connectivity index (χ4v) is 4.22. The molecule has 0 spiro atoms. The standard InChI is InChI=1S/C22H18N6O4S/c1-28-8-15(27-21(30)13-4-5-33-10-13)18-20(28)19(25-11-24-18)22(31)23-7-12-2-3-16-14(6-12)26-17(29)9-32-16/h2-6,8,10-11H,7,9H2,1H3,(H,23,31)(H,26,29)(H,27,30). The van der Waals surface area contributed by atoms with Crippen LogP contribution in [0.2, 0.25) is 0 Å². The SMILES string of the molecule is Cn1cc(NC(=O)c2ccsc2)c2ncnc(C(=O)NCc3ccc4c(c3)NC(=O)CO4)c21. The van der Waals surface area contributed by atoms with Crippen LogP contribution in [0.1, 0.15) is 26.4 Å². The van der Waals surface area contributed by atoms with Crippen LogP contribution in [-0.2, 0) is 18.4 Å². The third-order valence-corrected chi connectivity index (χ3v) is 5.81. The van der Waals surface area contributed by atoms with Crippen molar-refractivity contribution in [2.45, 2.75) is 6.54 Å². The molecule has 3 N–H and O–H groups in total. The molecule has 0 saturated carbocycles. The molecule has 11 heteroatoms. The smallest absolute Gasteiger partial charge is 0.272 e. The molecular weight excluding hydrogens is 444 g/mol. The Hall–Kier alpha value is -4.25. The van der Waals surface area contributed by atoms with E-state index in [1.54, 1.807) is 41.4 Å². The number of aromatic nitrogens is 3. The number of amides is 3. The monoisotopic (exact) mass is 462 g/mol. The van der Waals surface area contributed by atoms with Crippen LogP contribution in [0.5, 0.6) is 5.75 Å². The van der Waals surface area contributed by atoms with Gasteiger partial charge in [-0.25, -0.2) is 9.97 Å². The van der Waals surface area contributed by atoms with Gasteiger partial charge in [0.15, 0.2) is 12.3 Å². The Bertz CT molecular complexity index is 1400. The van der Waals surface area contributed by atoms with Gasteiger partial charge in [-0.3, -0.25) is 14.4 Å². The zero-order chi connectivity index (χ0) is 22.9. The van der Waals surface area contributed by atoms with E-state index in [-0.39, 0.29) is 30.7 Å². The van der Waals surface area contributed by atoms with E-state index in [9.17, 15) is 14.4 Å². The lowest BCUT2D eigenvalue weighted by Crippen LogP contribution is -2.26. The van der Waals surface area contributed by atoms with Gasteiger partial charge in [-0.1, -0.05) is 6.07 Å². The highest BCUT2D eigenvalue weighted by Crippen LogP contribution is 2.29. The average Bonchev–Trinajstić information content (AvgIpc) is 3.46. The molecule has 3 amide bonds. The first kappa shape index (κ1) is 20.6. The van der Waals surface area contributed by atoms with Gasteiger partial charge in [-0.2, -0.15) is 11.3 Å². The van der Waals surface area contributed by atoms with Crippen molar-refractivity contribution in [2.24, 2.45) is 7.05 Å². The summed E-state index contributed by atoms with van der Waals surface area (Å²) in [4.78, 5) is 45.4. The summed E-state index contributed by atoms with van der Waals surface area (Å²) in [7, 11) is 1.76. The van der Waals surface area contributed by atoms with Gasteiger partial charge in [0.05, 0.1) is 16.9 Å². The largest absolute Gasteiger partial charge is 0.482 e. The van der Waals surface area contributed by atoms with Crippen molar-refractivity contribution < 1.29 is 19.1 Å². The van der Waals surface area contributed by atoms with E-state index in [0.717, 1.165) is 5.56 Å². The van der Waals surface area contributed by atoms with Gasteiger partial charge in [0, 0.05) is 25.2 Å². The van der Waals surface area contributed by atoms with Crippen molar-refractivity contribution in [1.82, 2.24) is 19.9 Å². The molecule has 33 heavy (non-hydrogen) atoms. The van der Waals surface area contributed by atoms with Gasteiger partial charge >= 0.3 is 0 Å². The molecule has 166 valence electrons. The lowest BCUT2D eigenvalue weighted by Gasteiger charge is -2.18. The molecule has 0 saturated heterocycles. The average molecular weight is 462 g/mol. The summed E-state index contributed by atoms with van der Waals surface area (Å²) in [5.41, 5.74) is 3.55. The summed E-state index contributed by atoms with van der Waals surface area (Å²) in [5.74, 6) is -0.283. The van der Waals surface area contributed by atoms with E-state index < -0.39 is 5.91 Å². The summed E-state index contributed by atoms with van der Waals surface area (Å²) in [6.45, 7) is 0.207. The normalized spacial score (nSPS) is 12.6. The molecule has 0 radical (unpaired) electrons. The number of nitrogens with zero attached hydrogens (tertiary/aromatic N) is 3. The van der Waals surface area contributed by atoms with Crippen LogP contribution in [0, 0.1) is 0 Å². The van der Waals surface area contributed by atoms with E-state index in [4.69, 9.17) is 4.74 Å². The van der Waals surface area contributed by atoms with Crippen LogP contribution in [0.4, 0.5) is 11.4 Å². The number of nitrogens with one attached hydrogen (secondary N) is 3. The Morgan fingerprint density at radius 1 is 1.24 bits per heavy atom. The Morgan fingerprint density at radius 2 is 2.12 bits per heavy atom. The van der Waals surface area contributed by atoms with Gasteiger partial charge in [0.2, 0.25) is 0 Å². The van der Waals surface area contributed by atoms with Crippen LogP contribution in [0.25, 0.3) is 11.0 Å². The molecular formula is C22H18N6O4S. The van der Waals surface area contributed by atoms with Crippen molar-refractivity contribution in [2.75, 3.05) is 17.2 Å². The number of hydrogen-bond donors (Lipinski definition) is 3. The minimum atomic E-state index is -0.391. The van der Waals surface area contributed by atoms with Crippen LogP contribution < -0.4 is 20.7 Å². The highest BCUT2D eigenvalue weighted by molar-refractivity contribution is 7.08. The minimum absolute atomic E-state index is 0.0147. The second kappa shape index (κ2) is 8.36. The molecule has 10 nitrogen and oxygen atoms in total. The van der Waals surface area contributed by atoms with Crippen molar-refractivity contribution in [3.05, 3.63) is 64.4 Å². The first-order valence-electron chi connectivity index (χ1n) is 9.97. The van der Waals surface area contributed by atoms with Crippen molar-refractivity contribution in [3.63, 3.8) is 0 Å². The number of aryl methyl sites for hydroxylation is 1. The second-order valence-corrected chi connectivity index (χ2v) is 8.17. The van der Waals surface area contributed by atoms with Gasteiger partial charge in [0.25, 0.3) is 17.7 Å². The molecule has 0 fully saturated rings. The molecule has 1 aliphatic rings. The molecule has 4 heterocycles. The third-order valence-electron chi connectivity index (χ3n) is 5.13. The van der Waals surface area contributed by atoms with E-state index in [1.165, 1.54) is 17.7 Å². The topological polar surface area (TPSA) is 127 Å². The van der Waals surface area contributed by atoms with Crippen molar-refractivity contribution in [1.29, 1.82) is 0 Å². The maximum Gasteiger partial charge on any atom is 0.272 e. The zero-order valence-electron chi connectivity index (χ0n) is 17.4. The number of anilines is 2. The Balaban J connectivity index is 1.36. The lowest BCUT2D eigenvalue weighted by molar-refractivity contribution is -0.118. The van der Waals surface area contributed by atoms with Crippen LogP contribution in [0.15, 0.2) is 47.5 Å². The van der Waals surface area contributed by atoms with Gasteiger partial charge in [0.1, 0.15) is 23.1 Å². The summed E-state index contributed by atoms with van der Waals surface area (Å²) in [6, 6.07) is 7.05. The predicted molar refractivity (Wildman–Crippen MR) is 123 cm³/mol. The number of thiophene rings is 1. The number of ether oxygens (including phenoxy) is 1. The molecule has 5 rings (SSSR count). The summed E-state index contributed by atoms with van der Waals surface area (Å²) in [6.07, 6.45) is 3.00. The Labute approximate surface area is 191 Å². The van der Waals surface area contributed by atoms with E-state index >= 15 is 0 Å². The number of carbonyl (C=O) groups excluding carboxylic acids is 3. The summed E-state index contributed by atoms with van der Waals surface area (Å²) >= 11 is 1.43. The predicted octanol–water partition coefficient (Wildman–Crippen LogP) is 2.54. The van der Waals surface area contributed by atoms with Crippen LogP contribution in [0.3, 0.4) is 0 Å². The van der Waals surface area contributed by atoms with Gasteiger partial charge in [-0.15, -0.1) is 0 Å². The molecule has 0 aliphatic carbocycles. The van der Waals surface area contributed by atoms with Crippen molar-refractivity contribution >= 4 is 51.5 Å². The van der Waals surface area contributed by atoms with Crippen LogP contribution in [-0.4, -0.2) is 38.9 Å².